The number of fused-ring (bicyclic) bond motifs is 1. The van der Waals surface area contributed by atoms with Crippen molar-refractivity contribution in [3.05, 3.63) is 38.4 Å². The van der Waals surface area contributed by atoms with E-state index in [1.165, 1.54) is 9.75 Å². The van der Waals surface area contributed by atoms with Gasteiger partial charge in [0.1, 0.15) is 5.00 Å². The summed E-state index contributed by atoms with van der Waals surface area (Å²) in [5, 5.41) is 8.75. The highest BCUT2D eigenvalue weighted by molar-refractivity contribution is 7.17. The second-order valence-electron chi connectivity index (χ2n) is 8.60. The molecule has 1 aliphatic carbocycles. The summed E-state index contributed by atoms with van der Waals surface area (Å²) in [5.74, 6) is -0.217. The molecule has 2 aromatic rings. The van der Waals surface area contributed by atoms with Crippen LogP contribution in [0.15, 0.2) is 17.5 Å². The molecular formula is C24H33N3O4S2. The molecular weight excluding hydrogens is 458 g/mol. The molecule has 2 amide bonds. The minimum atomic E-state index is -0.128. The average Bonchev–Trinajstić information content (AvgIpc) is 3.55. The van der Waals surface area contributed by atoms with E-state index in [-0.39, 0.29) is 24.5 Å². The molecule has 9 heteroatoms. The van der Waals surface area contributed by atoms with Crippen LogP contribution in [0.1, 0.15) is 51.4 Å². The number of rotatable bonds is 11. The fourth-order valence-corrected chi connectivity index (χ4v) is 6.55. The van der Waals surface area contributed by atoms with Crippen molar-refractivity contribution in [2.24, 2.45) is 0 Å². The van der Waals surface area contributed by atoms with E-state index in [9.17, 15) is 9.59 Å². The second-order valence-corrected chi connectivity index (χ2v) is 10.7. The molecule has 7 nitrogen and oxygen atoms in total. The lowest BCUT2D eigenvalue weighted by atomic mass is 9.95. The van der Waals surface area contributed by atoms with Crippen LogP contribution in [0.2, 0.25) is 0 Å². The first-order chi connectivity index (χ1) is 16.1. The SMILES string of the molecule is COCCNC(=O)c1c(NC(=O)CN(Cc2cccs2)CC2CCCO2)sc2c1CCCC2. The lowest BCUT2D eigenvalue weighted by Crippen LogP contribution is -2.38. The summed E-state index contributed by atoms with van der Waals surface area (Å²) in [4.78, 5) is 30.7. The first kappa shape index (κ1) is 24.3. The monoisotopic (exact) mass is 491 g/mol. The van der Waals surface area contributed by atoms with Gasteiger partial charge in [0.15, 0.2) is 0 Å². The Kier molecular flexibility index (Phi) is 8.91. The Morgan fingerprint density at radius 1 is 1.27 bits per heavy atom. The standard InChI is InChI=1S/C24H33N3O4S2/c1-30-12-10-25-23(29)22-19-8-2-3-9-20(19)33-24(22)26-21(28)16-27(14-17-6-4-11-31-17)15-18-7-5-13-32-18/h5,7,13,17H,2-4,6,8-12,14-16H2,1H3,(H,25,29)(H,26,28). The first-order valence-electron chi connectivity index (χ1n) is 11.7. The number of carbonyl (C=O) groups excluding carboxylic acids is 2. The van der Waals surface area contributed by atoms with Gasteiger partial charge in [0, 0.05) is 43.1 Å². The molecule has 2 aromatic heterocycles. The molecule has 0 radical (unpaired) electrons. The highest BCUT2D eigenvalue weighted by Crippen LogP contribution is 2.38. The summed E-state index contributed by atoms with van der Waals surface area (Å²) in [5.41, 5.74) is 1.74. The summed E-state index contributed by atoms with van der Waals surface area (Å²) in [7, 11) is 1.61. The highest BCUT2D eigenvalue weighted by atomic mass is 32.1. The van der Waals surface area contributed by atoms with Gasteiger partial charge in [-0.3, -0.25) is 14.5 Å². The number of nitrogens with one attached hydrogen (secondary N) is 2. The fourth-order valence-electron chi connectivity index (χ4n) is 4.50. The van der Waals surface area contributed by atoms with E-state index < -0.39 is 0 Å². The Hall–Kier alpha value is -1.78. The van der Waals surface area contributed by atoms with Gasteiger partial charge in [0.25, 0.3) is 5.91 Å². The normalized spacial score (nSPS) is 17.8. The third-order valence-electron chi connectivity index (χ3n) is 6.06. The second kappa shape index (κ2) is 12.1. The lowest BCUT2D eigenvalue weighted by Gasteiger charge is -2.24. The van der Waals surface area contributed by atoms with E-state index in [0.29, 0.717) is 23.7 Å². The number of hydrogen-bond donors (Lipinski definition) is 2. The van der Waals surface area contributed by atoms with Crippen molar-refractivity contribution < 1.29 is 19.1 Å². The smallest absolute Gasteiger partial charge is 0.254 e. The van der Waals surface area contributed by atoms with Gasteiger partial charge >= 0.3 is 0 Å². The number of nitrogens with zero attached hydrogens (tertiary/aromatic N) is 1. The molecule has 2 N–H and O–H groups in total. The predicted octanol–water partition coefficient (Wildman–Crippen LogP) is 3.68. The molecule has 180 valence electrons. The average molecular weight is 492 g/mol. The van der Waals surface area contributed by atoms with Gasteiger partial charge in [0.2, 0.25) is 5.91 Å². The first-order valence-corrected chi connectivity index (χ1v) is 13.4. The molecule has 1 saturated heterocycles. The van der Waals surface area contributed by atoms with E-state index in [1.54, 1.807) is 29.8 Å². The van der Waals surface area contributed by atoms with Crippen molar-refractivity contribution in [1.29, 1.82) is 0 Å². The van der Waals surface area contributed by atoms with Crippen molar-refractivity contribution in [3.63, 3.8) is 0 Å². The van der Waals surface area contributed by atoms with Gasteiger partial charge in [-0.15, -0.1) is 22.7 Å². The maximum atomic E-state index is 13.1. The maximum Gasteiger partial charge on any atom is 0.254 e. The van der Waals surface area contributed by atoms with Crippen LogP contribution in [0.5, 0.6) is 0 Å². The van der Waals surface area contributed by atoms with Crippen molar-refractivity contribution in [1.82, 2.24) is 10.2 Å². The van der Waals surface area contributed by atoms with Gasteiger partial charge in [-0.25, -0.2) is 0 Å². The maximum absolute atomic E-state index is 13.1. The highest BCUT2D eigenvalue weighted by Gasteiger charge is 2.27. The number of aryl methyl sites for hydroxylation is 1. The molecule has 1 fully saturated rings. The number of ether oxygens (including phenoxy) is 2. The molecule has 0 bridgehead atoms. The number of carbonyl (C=O) groups is 2. The fraction of sp³-hybridized carbons (Fsp3) is 0.583. The third kappa shape index (κ3) is 6.64. The van der Waals surface area contributed by atoms with E-state index in [0.717, 1.165) is 63.8 Å². The van der Waals surface area contributed by atoms with Crippen LogP contribution in [-0.4, -0.2) is 62.8 Å². The minimum Gasteiger partial charge on any atom is -0.383 e. The predicted molar refractivity (Wildman–Crippen MR) is 132 cm³/mol. The molecule has 2 aliphatic rings. The topological polar surface area (TPSA) is 79.9 Å². The minimum absolute atomic E-state index is 0.0888. The molecule has 0 aromatic carbocycles. The zero-order valence-corrected chi connectivity index (χ0v) is 20.8. The zero-order chi connectivity index (χ0) is 23.0. The van der Waals surface area contributed by atoms with E-state index in [4.69, 9.17) is 9.47 Å². The van der Waals surface area contributed by atoms with Crippen LogP contribution in [0.4, 0.5) is 5.00 Å². The van der Waals surface area contributed by atoms with E-state index in [2.05, 4.69) is 27.0 Å². The summed E-state index contributed by atoms with van der Waals surface area (Å²) in [6.45, 7) is 3.42. The summed E-state index contributed by atoms with van der Waals surface area (Å²) < 4.78 is 10.9. The van der Waals surface area contributed by atoms with Crippen molar-refractivity contribution in [2.75, 3.05) is 45.3 Å². The molecule has 4 rings (SSSR count). The molecule has 1 aliphatic heterocycles. The number of anilines is 1. The van der Waals surface area contributed by atoms with Crippen LogP contribution in [-0.2, 0) is 33.7 Å². The Morgan fingerprint density at radius 3 is 2.91 bits per heavy atom. The number of thiophene rings is 2. The Labute approximate surface area is 203 Å². The van der Waals surface area contributed by atoms with Crippen molar-refractivity contribution in [2.45, 2.75) is 51.2 Å². The number of methoxy groups -OCH3 is 1. The van der Waals surface area contributed by atoms with Crippen LogP contribution in [0.3, 0.4) is 0 Å². The molecule has 0 saturated carbocycles. The van der Waals surface area contributed by atoms with Crippen molar-refractivity contribution >= 4 is 39.5 Å². The molecule has 33 heavy (non-hydrogen) atoms. The lowest BCUT2D eigenvalue weighted by molar-refractivity contribution is -0.117. The third-order valence-corrected chi connectivity index (χ3v) is 8.12. The summed E-state index contributed by atoms with van der Waals surface area (Å²) >= 11 is 3.26. The molecule has 1 atom stereocenters. The molecule has 3 heterocycles. The quantitative estimate of drug-likeness (QED) is 0.469. The summed E-state index contributed by atoms with van der Waals surface area (Å²) in [6.07, 6.45) is 6.34. The molecule has 1 unspecified atom stereocenters. The Bertz CT molecular complexity index is 923. The van der Waals surface area contributed by atoms with Gasteiger partial charge < -0.3 is 20.1 Å². The van der Waals surface area contributed by atoms with Crippen LogP contribution >= 0.6 is 22.7 Å². The zero-order valence-electron chi connectivity index (χ0n) is 19.2. The van der Waals surface area contributed by atoms with Crippen LogP contribution in [0, 0.1) is 0 Å². The molecule has 0 spiro atoms. The van der Waals surface area contributed by atoms with Gasteiger partial charge in [0.05, 0.1) is 24.8 Å². The Balaban J connectivity index is 1.46. The van der Waals surface area contributed by atoms with Crippen LogP contribution < -0.4 is 10.6 Å². The number of amides is 2. The number of hydrogen-bond acceptors (Lipinski definition) is 7. The van der Waals surface area contributed by atoms with Gasteiger partial charge in [-0.05, 0) is 55.5 Å². The van der Waals surface area contributed by atoms with E-state index >= 15 is 0 Å². The van der Waals surface area contributed by atoms with Crippen molar-refractivity contribution in [3.8, 4) is 0 Å². The van der Waals surface area contributed by atoms with E-state index in [1.807, 2.05) is 6.07 Å². The Morgan fingerprint density at radius 2 is 2.15 bits per heavy atom. The van der Waals surface area contributed by atoms with Crippen LogP contribution in [0.25, 0.3) is 0 Å². The van der Waals surface area contributed by atoms with Gasteiger partial charge in [-0.2, -0.15) is 0 Å². The largest absolute Gasteiger partial charge is 0.383 e. The van der Waals surface area contributed by atoms with Gasteiger partial charge in [-0.1, -0.05) is 6.07 Å². The summed E-state index contributed by atoms with van der Waals surface area (Å²) in [6, 6.07) is 4.13.